The van der Waals surface area contributed by atoms with Gasteiger partial charge in [0.1, 0.15) is 0 Å². The molecule has 0 amide bonds. The van der Waals surface area contributed by atoms with Gasteiger partial charge in [0.05, 0.1) is 29.3 Å². The van der Waals surface area contributed by atoms with Gasteiger partial charge in [-0.15, -0.1) is 0 Å². The Hall–Kier alpha value is -3.46. The number of hydrogen-bond donors (Lipinski definition) is 0. The van der Waals surface area contributed by atoms with E-state index in [0.29, 0.717) is 52.1 Å². The van der Waals surface area contributed by atoms with Crippen molar-refractivity contribution in [1.82, 2.24) is 19.7 Å². The molecular weight excluding hydrogens is 416 g/mol. The molecular formula is C22H20N4O4S. The maximum Gasteiger partial charge on any atom is 0.337 e. The van der Waals surface area contributed by atoms with Crippen LogP contribution in [-0.4, -0.2) is 32.8 Å². The molecule has 0 unspecified atom stereocenters. The van der Waals surface area contributed by atoms with Gasteiger partial charge < -0.3 is 9.26 Å². The van der Waals surface area contributed by atoms with E-state index in [9.17, 15) is 9.59 Å². The van der Waals surface area contributed by atoms with Crippen molar-refractivity contribution in [3.63, 3.8) is 0 Å². The van der Waals surface area contributed by atoms with Crippen LogP contribution < -0.4 is 5.56 Å². The fraction of sp³-hybridized carbons (Fsp3) is 0.227. The van der Waals surface area contributed by atoms with Crippen LogP contribution in [0.25, 0.3) is 10.9 Å². The van der Waals surface area contributed by atoms with Crippen LogP contribution in [0.2, 0.25) is 0 Å². The second kappa shape index (κ2) is 9.13. The molecule has 0 saturated carbocycles. The van der Waals surface area contributed by atoms with E-state index in [1.807, 2.05) is 30.3 Å². The first-order valence-corrected chi connectivity index (χ1v) is 10.6. The summed E-state index contributed by atoms with van der Waals surface area (Å²) >= 11 is 1.34. The van der Waals surface area contributed by atoms with Crippen molar-refractivity contribution < 1.29 is 14.1 Å². The van der Waals surface area contributed by atoms with E-state index < -0.39 is 5.97 Å². The lowest BCUT2D eigenvalue weighted by molar-refractivity contribution is 0.0601. The van der Waals surface area contributed by atoms with Crippen molar-refractivity contribution in [3.05, 3.63) is 81.7 Å². The van der Waals surface area contributed by atoms with Gasteiger partial charge in [0, 0.05) is 6.54 Å². The highest BCUT2D eigenvalue weighted by molar-refractivity contribution is 7.98. The van der Waals surface area contributed by atoms with Gasteiger partial charge in [-0.2, -0.15) is 4.98 Å². The van der Waals surface area contributed by atoms with E-state index in [1.165, 1.54) is 18.9 Å². The number of rotatable bonds is 7. The largest absolute Gasteiger partial charge is 0.465 e. The monoisotopic (exact) mass is 436 g/mol. The Balaban J connectivity index is 1.72. The quantitative estimate of drug-likeness (QED) is 0.247. The summed E-state index contributed by atoms with van der Waals surface area (Å²) < 4.78 is 11.6. The maximum atomic E-state index is 13.3. The highest BCUT2D eigenvalue weighted by Gasteiger charge is 2.16. The third-order valence-corrected chi connectivity index (χ3v) is 5.66. The predicted molar refractivity (Wildman–Crippen MR) is 116 cm³/mol. The molecule has 0 N–H and O–H groups in total. The number of benzene rings is 2. The molecule has 9 heteroatoms. The minimum atomic E-state index is -0.479. The molecule has 0 fully saturated rings. The van der Waals surface area contributed by atoms with Crippen LogP contribution in [-0.2, 0) is 23.5 Å². The second-order valence-corrected chi connectivity index (χ2v) is 7.78. The smallest absolute Gasteiger partial charge is 0.337 e. The van der Waals surface area contributed by atoms with Crippen LogP contribution in [0, 0.1) is 6.92 Å². The number of ether oxygens (including phenoxy) is 1. The van der Waals surface area contributed by atoms with Gasteiger partial charge in [-0.25, -0.2) is 9.78 Å². The van der Waals surface area contributed by atoms with Crippen molar-refractivity contribution in [2.75, 3.05) is 7.11 Å². The Kier molecular flexibility index (Phi) is 6.13. The first-order valence-electron chi connectivity index (χ1n) is 9.64. The van der Waals surface area contributed by atoms with Gasteiger partial charge in [0.25, 0.3) is 5.56 Å². The van der Waals surface area contributed by atoms with Crippen LogP contribution in [0.1, 0.15) is 27.6 Å². The number of hydrogen-bond acceptors (Lipinski definition) is 8. The maximum absolute atomic E-state index is 13.3. The Morgan fingerprint density at radius 1 is 1.16 bits per heavy atom. The molecule has 158 valence electrons. The molecule has 0 atom stereocenters. The Morgan fingerprint density at radius 2 is 1.97 bits per heavy atom. The number of thioether (sulfide) groups is 1. The lowest BCUT2D eigenvalue weighted by Gasteiger charge is -2.13. The van der Waals surface area contributed by atoms with Crippen LogP contribution >= 0.6 is 11.8 Å². The minimum Gasteiger partial charge on any atom is -0.465 e. The fourth-order valence-electron chi connectivity index (χ4n) is 3.16. The molecule has 0 bridgehead atoms. The average molecular weight is 436 g/mol. The zero-order chi connectivity index (χ0) is 21.8. The highest BCUT2D eigenvalue weighted by Crippen LogP contribution is 2.23. The molecule has 0 aliphatic rings. The van der Waals surface area contributed by atoms with Gasteiger partial charge in [-0.05, 0) is 37.1 Å². The van der Waals surface area contributed by atoms with E-state index >= 15 is 0 Å². The molecule has 4 aromatic rings. The van der Waals surface area contributed by atoms with E-state index in [0.717, 1.165) is 5.56 Å². The number of nitrogens with zero attached hydrogens (tertiary/aromatic N) is 4. The second-order valence-electron chi connectivity index (χ2n) is 6.83. The normalized spacial score (nSPS) is 11.0. The van der Waals surface area contributed by atoms with Crippen LogP contribution in [0.15, 0.2) is 63.0 Å². The number of esters is 1. The van der Waals surface area contributed by atoms with Crippen LogP contribution in [0.3, 0.4) is 0 Å². The first-order chi connectivity index (χ1) is 15.0. The summed E-state index contributed by atoms with van der Waals surface area (Å²) in [6.45, 7) is 2.21. The Bertz CT molecular complexity index is 1280. The summed E-state index contributed by atoms with van der Waals surface area (Å²) in [5.74, 6) is 0.898. The van der Waals surface area contributed by atoms with Gasteiger partial charge in [-0.1, -0.05) is 47.3 Å². The fourth-order valence-corrected chi connectivity index (χ4v) is 4.03. The number of fused-ring (bicyclic) bond motifs is 1. The summed E-state index contributed by atoms with van der Waals surface area (Å²) in [6, 6.07) is 14.7. The minimum absolute atomic E-state index is 0.165. The van der Waals surface area contributed by atoms with Crippen molar-refractivity contribution >= 4 is 28.6 Å². The van der Waals surface area contributed by atoms with Gasteiger partial charge in [-0.3, -0.25) is 9.36 Å². The van der Waals surface area contributed by atoms with Crippen molar-refractivity contribution in [2.45, 2.75) is 30.8 Å². The number of methoxy groups -OCH3 is 1. The third kappa shape index (κ3) is 4.66. The lowest BCUT2D eigenvalue weighted by atomic mass is 10.1. The molecule has 2 aromatic carbocycles. The molecule has 0 radical (unpaired) electrons. The molecule has 4 rings (SSSR count). The molecule has 31 heavy (non-hydrogen) atoms. The number of carbonyl (C=O) groups excluding carboxylic acids is 1. The van der Waals surface area contributed by atoms with Gasteiger partial charge >= 0.3 is 5.97 Å². The predicted octanol–water partition coefficient (Wildman–Crippen LogP) is 3.41. The molecule has 0 spiro atoms. The molecule has 0 aliphatic carbocycles. The molecule has 2 heterocycles. The number of aromatic nitrogens is 4. The van der Waals surface area contributed by atoms with Crippen molar-refractivity contribution in [2.24, 2.45) is 0 Å². The zero-order valence-corrected chi connectivity index (χ0v) is 17.9. The number of carbonyl (C=O) groups is 1. The molecule has 0 aliphatic heterocycles. The SMILES string of the molecule is COC(=O)c1ccc2c(=O)n(CCc3ccccc3)c(SCc3nc(C)no3)nc2c1. The molecule has 2 aromatic heterocycles. The standard InChI is InChI=1S/C22H20N4O4S/c1-14-23-19(30-25-14)13-31-22-24-18-12-16(21(28)29-2)8-9-17(18)20(27)26(22)11-10-15-6-4-3-5-7-15/h3-9,12H,10-11,13H2,1-2H3. The Labute approximate surface area is 182 Å². The van der Waals surface area contributed by atoms with Gasteiger partial charge in [0.15, 0.2) is 11.0 Å². The Morgan fingerprint density at radius 3 is 2.68 bits per heavy atom. The third-order valence-electron chi connectivity index (χ3n) is 4.70. The summed E-state index contributed by atoms with van der Waals surface area (Å²) in [4.78, 5) is 34.1. The van der Waals surface area contributed by atoms with Crippen LogP contribution in [0.5, 0.6) is 0 Å². The van der Waals surface area contributed by atoms with E-state index in [-0.39, 0.29) is 5.56 Å². The van der Waals surface area contributed by atoms with Gasteiger partial charge in [0.2, 0.25) is 5.89 Å². The molecule has 8 nitrogen and oxygen atoms in total. The zero-order valence-electron chi connectivity index (χ0n) is 17.1. The lowest BCUT2D eigenvalue weighted by Crippen LogP contribution is -2.24. The van der Waals surface area contributed by atoms with E-state index in [4.69, 9.17) is 9.26 Å². The highest BCUT2D eigenvalue weighted by atomic mass is 32.2. The average Bonchev–Trinajstić information content (AvgIpc) is 3.22. The van der Waals surface area contributed by atoms with E-state index in [2.05, 4.69) is 15.1 Å². The molecule has 0 saturated heterocycles. The summed E-state index contributed by atoms with van der Waals surface area (Å²) in [5.41, 5.74) is 1.74. The first kappa shape index (κ1) is 20.8. The summed E-state index contributed by atoms with van der Waals surface area (Å²) in [5, 5.41) is 4.76. The summed E-state index contributed by atoms with van der Waals surface area (Å²) in [7, 11) is 1.31. The van der Waals surface area contributed by atoms with Crippen molar-refractivity contribution in [3.8, 4) is 0 Å². The van der Waals surface area contributed by atoms with Crippen molar-refractivity contribution in [1.29, 1.82) is 0 Å². The van der Waals surface area contributed by atoms with E-state index in [1.54, 1.807) is 29.7 Å². The van der Waals surface area contributed by atoms with Crippen LogP contribution in [0.4, 0.5) is 0 Å². The summed E-state index contributed by atoms with van der Waals surface area (Å²) in [6.07, 6.45) is 0.682. The number of aryl methyl sites for hydroxylation is 2. The topological polar surface area (TPSA) is 100 Å².